The molecule has 0 saturated heterocycles. The molecule has 0 saturated carbocycles. The van der Waals surface area contributed by atoms with Gasteiger partial charge < -0.3 is 10.2 Å². The van der Waals surface area contributed by atoms with Gasteiger partial charge in [-0.2, -0.15) is 4.21 Å². The number of aromatic carboxylic acids is 1. The zero-order chi connectivity index (χ0) is 12.1. The minimum absolute atomic E-state index is 0.0205. The maximum absolute atomic E-state index is 10.6. The molecule has 0 aliphatic heterocycles. The Morgan fingerprint density at radius 2 is 2.12 bits per heavy atom. The average molecular weight is 246 g/mol. The number of phenols is 1. The maximum atomic E-state index is 10.6. The van der Waals surface area contributed by atoms with Crippen molar-refractivity contribution in [1.82, 2.24) is 0 Å². The molecule has 1 aromatic carbocycles. The Kier molecular flexibility index (Phi) is 4.41. The molecule has 1 rings (SSSR count). The van der Waals surface area contributed by atoms with Gasteiger partial charge in [0, 0.05) is 6.42 Å². The quantitative estimate of drug-likeness (QED) is 0.663. The number of carbonyl (C=O) groups is 1. The van der Waals surface area contributed by atoms with Gasteiger partial charge in [0.1, 0.15) is 5.75 Å². The van der Waals surface area contributed by atoms with Crippen LogP contribution in [0.25, 0.3) is 0 Å². The molecule has 6 nitrogen and oxygen atoms in total. The lowest BCUT2D eigenvalue weighted by Gasteiger charge is -2.04. The highest BCUT2D eigenvalue weighted by molar-refractivity contribution is 7.74. The molecule has 0 heterocycles. The minimum Gasteiger partial charge on any atom is -0.508 e. The summed E-state index contributed by atoms with van der Waals surface area (Å²) in [4.78, 5) is 10.6. The minimum atomic E-state index is -2.33. The lowest BCUT2D eigenvalue weighted by atomic mass is 10.1. The van der Waals surface area contributed by atoms with E-state index in [1.165, 1.54) is 12.1 Å². The van der Waals surface area contributed by atoms with Crippen molar-refractivity contribution in [2.24, 2.45) is 0 Å². The van der Waals surface area contributed by atoms with Crippen LogP contribution in [-0.2, 0) is 22.0 Å². The van der Waals surface area contributed by atoms with Gasteiger partial charge in [-0.3, -0.25) is 8.74 Å². The van der Waals surface area contributed by atoms with Gasteiger partial charge in [-0.15, -0.1) is 0 Å². The SMILES string of the molecule is O=C(O)c1ccc(CCOS(=O)O)c(O)c1. The second kappa shape index (κ2) is 5.59. The number of hydrogen-bond acceptors (Lipinski definition) is 4. The summed E-state index contributed by atoms with van der Waals surface area (Å²) in [5, 5.41) is 18.1. The third-order valence-corrected chi connectivity index (χ3v) is 2.26. The molecule has 0 radical (unpaired) electrons. The Morgan fingerprint density at radius 1 is 1.44 bits per heavy atom. The second-order valence-electron chi connectivity index (χ2n) is 2.94. The Bertz CT molecular complexity index is 416. The summed E-state index contributed by atoms with van der Waals surface area (Å²) in [7, 11) is 0. The number of carboxylic acid groups (broad SMARTS) is 1. The van der Waals surface area contributed by atoms with E-state index < -0.39 is 17.3 Å². The largest absolute Gasteiger partial charge is 0.508 e. The monoisotopic (exact) mass is 246 g/mol. The predicted octanol–water partition coefficient (Wildman–Crippen LogP) is 0.786. The molecule has 0 aliphatic rings. The van der Waals surface area contributed by atoms with Crippen LogP contribution < -0.4 is 0 Å². The number of hydrogen-bond donors (Lipinski definition) is 3. The van der Waals surface area contributed by atoms with Crippen molar-refractivity contribution in [2.75, 3.05) is 6.61 Å². The van der Waals surface area contributed by atoms with Crippen LogP contribution in [0.2, 0.25) is 0 Å². The Hall–Kier alpha value is -1.44. The van der Waals surface area contributed by atoms with E-state index in [1.807, 2.05) is 0 Å². The Morgan fingerprint density at radius 3 is 2.62 bits per heavy atom. The zero-order valence-electron chi connectivity index (χ0n) is 8.12. The summed E-state index contributed by atoms with van der Waals surface area (Å²) in [5.41, 5.74) is 0.434. The molecule has 0 bridgehead atoms. The fraction of sp³-hybridized carbons (Fsp3) is 0.222. The fourth-order valence-electron chi connectivity index (χ4n) is 1.13. The number of benzene rings is 1. The molecule has 7 heteroatoms. The average Bonchev–Trinajstić information content (AvgIpc) is 2.19. The van der Waals surface area contributed by atoms with Crippen molar-refractivity contribution in [2.45, 2.75) is 6.42 Å². The first-order valence-corrected chi connectivity index (χ1v) is 5.33. The van der Waals surface area contributed by atoms with E-state index in [9.17, 15) is 14.1 Å². The molecule has 0 aliphatic carbocycles. The number of aromatic hydroxyl groups is 1. The van der Waals surface area contributed by atoms with Crippen LogP contribution in [0.3, 0.4) is 0 Å². The molecule has 0 fully saturated rings. The summed E-state index contributed by atoms with van der Waals surface area (Å²) in [6, 6.07) is 3.89. The van der Waals surface area contributed by atoms with Crippen LogP contribution in [-0.4, -0.2) is 31.6 Å². The molecular weight excluding hydrogens is 236 g/mol. The first-order valence-electron chi connectivity index (χ1n) is 4.30. The van der Waals surface area contributed by atoms with Crippen LogP contribution in [0, 0.1) is 0 Å². The van der Waals surface area contributed by atoms with Gasteiger partial charge >= 0.3 is 17.3 Å². The van der Waals surface area contributed by atoms with Gasteiger partial charge in [-0.25, -0.2) is 4.79 Å². The third kappa shape index (κ3) is 3.61. The van der Waals surface area contributed by atoms with Gasteiger partial charge in [0.25, 0.3) is 0 Å². The highest BCUT2D eigenvalue weighted by Crippen LogP contribution is 2.19. The van der Waals surface area contributed by atoms with Crippen LogP contribution in [0.5, 0.6) is 5.75 Å². The number of carboxylic acids is 1. The summed E-state index contributed by atoms with van der Waals surface area (Å²) in [6.45, 7) is -0.0386. The highest BCUT2D eigenvalue weighted by Gasteiger charge is 2.07. The van der Waals surface area contributed by atoms with Gasteiger partial charge in [0.15, 0.2) is 0 Å². The first kappa shape index (κ1) is 12.6. The van der Waals surface area contributed by atoms with Crippen LogP contribution in [0.15, 0.2) is 18.2 Å². The maximum Gasteiger partial charge on any atom is 0.335 e. The van der Waals surface area contributed by atoms with E-state index >= 15 is 0 Å². The lowest BCUT2D eigenvalue weighted by molar-refractivity contribution is 0.0696. The van der Waals surface area contributed by atoms with Crippen LogP contribution in [0.4, 0.5) is 0 Å². The summed E-state index contributed by atoms with van der Waals surface area (Å²) in [5.74, 6) is -1.30. The van der Waals surface area contributed by atoms with E-state index in [0.717, 1.165) is 6.07 Å². The smallest absolute Gasteiger partial charge is 0.335 e. The molecule has 3 N–H and O–H groups in total. The van der Waals surface area contributed by atoms with Crippen molar-refractivity contribution >= 4 is 17.3 Å². The van der Waals surface area contributed by atoms with Crippen LogP contribution >= 0.6 is 0 Å². The fourth-order valence-corrected chi connectivity index (χ4v) is 1.36. The normalized spacial score (nSPS) is 12.3. The number of phenolic OH excluding ortho intramolecular Hbond substituents is 1. The molecular formula is C9H10O6S. The highest BCUT2D eigenvalue weighted by atomic mass is 32.2. The van der Waals surface area contributed by atoms with Crippen molar-refractivity contribution < 1.29 is 28.0 Å². The van der Waals surface area contributed by atoms with E-state index in [0.29, 0.717) is 5.56 Å². The predicted molar refractivity (Wildman–Crippen MR) is 55.5 cm³/mol. The Labute approximate surface area is 94.0 Å². The molecule has 1 atom stereocenters. The van der Waals surface area contributed by atoms with Gasteiger partial charge in [0.05, 0.1) is 12.2 Å². The summed E-state index contributed by atoms with van der Waals surface area (Å²) >= 11 is -2.33. The lowest BCUT2D eigenvalue weighted by Crippen LogP contribution is -2.02. The van der Waals surface area contributed by atoms with Crippen molar-refractivity contribution in [3.05, 3.63) is 29.3 Å². The summed E-state index contributed by atoms with van der Waals surface area (Å²) < 4.78 is 22.9. The molecule has 88 valence electrons. The molecule has 1 aromatic rings. The molecule has 1 unspecified atom stereocenters. The van der Waals surface area contributed by atoms with E-state index in [2.05, 4.69) is 4.18 Å². The number of rotatable bonds is 5. The van der Waals surface area contributed by atoms with Crippen molar-refractivity contribution in [3.8, 4) is 5.75 Å². The van der Waals surface area contributed by atoms with Crippen molar-refractivity contribution in [1.29, 1.82) is 0 Å². The Balaban J connectivity index is 2.68. The molecule has 0 amide bonds. The molecule has 16 heavy (non-hydrogen) atoms. The van der Waals surface area contributed by atoms with Gasteiger partial charge in [-0.05, 0) is 17.7 Å². The van der Waals surface area contributed by atoms with Crippen LogP contribution in [0.1, 0.15) is 15.9 Å². The topological polar surface area (TPSA) is 104 Å². The summed E-state index contributed by atoms with van der Waals surface area (Å²) in [6.07, 6.45) is 0.220. The van der Waals surface area contributed by atoms with Gasteiger partial charge in [0.2, 0.25) is 0 Å². The van der Waals surface area contributed by atoms with Crippen molar-refractivity contribution in [3.63, 3.8) is 0 Å². The standard InChI is InChI=1S/C9H10O6S/c10-8-5-7(9(11)12)2-1-6(8)3-4-15-16(13)14/h1-2,5,10H,3-4H2,(H,11,12)(H,13,14). The molecule has 0 spiro atoms. The molecule has 0 aromatic heterocycles. The van der Waals surface area contributed by atoms with E-state index in [4.69, 9.17) is 9.66 Å². The third-order valence-electron chi connectivity index (χ3n) is 1.89. The van der Waals surface area contributed by atoms with E-state index in [-0.39, 0.29) is 24.3 Å². The van der Waals surface area contributed by atoms with Gasteiger partial charge in [-0.1, -0.05) is 6.07 Å². The van der Waals surface area contributed by atoms with E-state index in [1.54, 1.807) is 0 Å². The first-order chi connectivity index (χ1) is 7.50. The second-order valence-corrected chi connectivity index (χ2v) is 3.61. The zero-order valence-corrected chi connectivity index (χ0v) is 8.94.